The van der Waals surface area contributed by atoms with E-state index in [0.717, 1.165) is 31.0 Å². The van der Waals surface area contributed by atoms with E-state index in [0.29, 0.717) is 12.1 Å². The molecule has 3 rings (SSSR count). The van der Waals surface area contributed by atoms with E-state index >= 15 is 0 Å². The Kier molecular flexibility index (Phi) is 3.48. The van der Waals surface area contributed by atoms with Crippen molar-refractivity contribution in [1.29, 1.82) is 0 Å². The Labute approximate surface area is 113 Å². The highest BCUT2D eigenvalue weighted by Crippen LogP contribution is 2.14. The molecule has 2 unspecified atom stereocenters. The van der Waals surface area contributed by atoms with Gasteiger partial charge in [-0.05, 0) is 32.5 Å². The molecule has 0 bridgehead atoms. The van der Waals surface area contributed by atoms with E-state index in [-0.39, 0.29) is 0 Å². The summed E-state index contributed by atoms with van der Waals surface area (Å²) in [7, 11) is 2.19. The van der Waals surface area contributed by atoms with Gasteiger partial charge in [0.05, 0.1) is 0 Å². The molecule has 102 valence electrons. The van der Waals surface area contributed by atoms with Crippen molar-refractivity contribution in [2.24, 2.45) is 0 Å². The topological polar surface area (TPSA) is 45.5 Å². The normalized spacial score (nSPS) is 24.3. The molecule has 0 aromatic carbocycles. The second-order valence-corrected chi connectivity index (χ2v) is 5.47. The van der Waals surface area contributed by atoms with Gasteiger partial charge < -0.3 is 10.2 Å². The van der Waals surface area contributed by atoms with Crippen LogP contribution in [0.4, 0.5) is 0 Å². The summed E-state index contributed by atoms with van der Waals surface area (Å²) < 4.78 is 2.06. The third-order valence-corrected chi connectivity index (χ3v) is 4.05. The Morgan fingerprint density at radius 3 is 3.05 bits per heavy atom. The molecule has 1 saturated heterocycles. The molecule has 1 N–H and O–H groups in total. The van der Waals surface area contributed by atoms with Crippen molar-refractivity contribution < 1.29 is 0 Å². The lowest BCUT2D eigenvalue weighted by Crippen LogP contribution is -2.33. The summed E-state index contributed by atoms with van der Waals surface area (Å²) in [5.74, 6) is 1.03. The summed E-state index contributed by atoms with van der Waals surface area (Å²) in [6.07, 6.45) is 4.17. The van der Waals surface area contributed by atoms with E-state index in [1.807, 2.05) is 24.4 Å². The number of hydrogen-bond acceptors (Lipinski definition) is 4. The molecule has 5 heteroatoms. The monoisotopic (exact) mass is 259 g/mol. The summed E-state index contributed by atoms with van der Waals surface area (Å²) in [4.78, 5) is 2.41. The van der Waals surface area contributed by atoms with Gasteiger partial charge >= 0.3 is 0 Å². The summed E-state index contributed by atoms with van der Waals surface area (Å²) in [5.41, 5.74) is 0.923. The molecule has 0 aliphatic carbocycles. The second-order valence-electron chi connectivity index (χ2n) is 5.47. The zero-order chi connectivity index (χ0) is 13.2. The quantitative estimate of drug-likeness (QED) is 0.888. The van der Waals surface area contributed by atoms with Crippen LogP contribution in [0.3, 0.4) is 0 Å². The zero-order valence-electron chi connectivity index (χ0n) is 11.6. The van der Waals surface area contributed by atoms with Gasteiger partial charge in [-0.15, -0.1) is 10.2 Å². The zero-order valence-corrected chi connectivity index (χ0v) is 11.6. The molecular weight excluding hydrogens is 238 g/mol. The van der Waals surface area contributed by atoms with Crippen LogP contribution in [0.5, 0.6) is 0 Å². The van der Waals surface area contributed by atoms with Crippen LogP contribution in [0.15, 0.2) is 24.4 Å². The maximum absolute atomic E-state index is 4.25. The number of fused-ring (bicyclic) bond motifs is 1. The van der Waals surface area contributed by atoms with E-state index in [1.165, 1.54) is 6.42 Å². The number of likely N-dealkylation sites (N-methyl/N-ethyl adjacent to an activating group) is 1. The summed E-state index contributed by atoms with van der Waals surface area (Å²) in [6, 6.07) is 7.28. The molecule has 1 aliphatic heterocycles. The number of hydrogen-bond donors (Lipinski definition) is 1. The summed E-state index contributed by atoms with van der Waals surface area (Å²) >= 11 is 0. The lowest BCUT2D eigenvalue weighted by atomic mass is 10.2. The van der Waals surface area contributed by atoms with Crippen LogP contribution in [-0.2, 0) is 6.42 Å². The van der Waals surface area contributed by atoms with Crippen molar-refractivity contribution >= 4 is 5.65 Å². The van der Waals surface area contributed by atoms with Crippen molar-refractivity contribution in [3.05, 3.63) is 30.2 Å². The average molecular weight is 259 g/mol. The number of nitrogens with one attached hydrogen (secondary N) is 1. The Morgan fingerprint density at radius 2 is 2.26 bits per heavy atom. The number of likely N-dealkylation sites (tertiary alicyclic amines) is 1. The third kappa shape index (κ3) is 2.62. The Balaban J connectivity index is 1.55. The van der Waals surface area contributed by atoms with E-state index in [2.05, 4.69) is 38.8 Å². The Hall–Kier alpha value is -1.46. The molecule has 0 spiro atoms. The molecule has 1 aliphatic rings. The maximum atomic E-state index is 4.25. The first kappa shape index (κ1) is 12.6. The lowest BCUT2D eigenvalue weighted by Gasteiger charge is -2.13. The average Bonchev–Trinajstić information content (AvgIpc) is 2.95. The van der Waals surface area contributed by atoms with Gasteiger partial charge in [-0.1, -0.05) is 6.07 Å². The first-order valence-corrected chi connectivity index (χ1v) is 6.96. The maximum Gasteiger partial charge on any atom is 0.160 e. The van der Waals surface area contributed by atoms with Crippen LogP contribution >= 0.6 is 0 Å². The minimum absolute atomic E-state index is 0.610. The number of pyridine rings is 1. The van der Waals surface area contributed by atoms with Crippen LogP contribution in [0, 0.1) is 0 Å². The summed E-state index contributed by atoms with van der Waals surface area (Å²) in [5, 5.41) is 12.0. The fraction of sp³-hybridized carbons (Fsp3) is 0.571. The highest BCUT2D eigenvalue weighted by atomic mass is 15.2. The van der Waals surface area contributed by atoms with Crippen molar-refractivity contribution in [2.45, 2.75) is 31.8 Å². The van der Waals surface area contributed by atoms with Gasteiger partial charge in [-0.2, -0.15) is 0 Å². The molecule has 2 atom stereocenters. The van der Waals surface area contributed by atoms with Crippen molar-refractivity contribution in [1.82, 2.24) is 24.8 Å². The van der Waals surface area contributed by atoms with Gasteiger partial charge in [0.1, 0.15) is 5.82 Å². The molecule has 2 aromatic heterocycles. The highest BCUT2D eigenvalue weighted by Gasteiger charge is 2.25. The van der Waals surface area contributed by atoms with Crippen molar-refractivity contribution in [2.75, 3.05) is 20.1 Å². The molecule has 2 aromatic rings. The molecule has 1 fully saturated rings. The minimum atomic E-state index is 0.610. The fourth-order valence-electron chi connectivity index (χ4n) is 2.79. The van der Waals surface area contributed by atoms with Crippen molar-refractivity contribution in [3.63, 3.8) is 0 Å². The lowest BCUT2D eigenvalue weighted by molar-refractivity contribution is 0.327. The fourth-order valence-corrected chi connectivity index (χ4v) is 2.79. The van der Waals surface area contributed by atoms with Gasteiger partial charge in [0.15, 0.2) is 5.65 Å². The molecule has 0 amide bonds. The van der Waals surface area contributed by atoms with E-state index in [4.69, 9.17) is 0 Å². The van der Waals surface area contributed by atoms with Gasteiger partial charge in [0.25, 0.3) is 0 Å². The highest BCUT2D eigenvalue weighted by molar-refractivity contribution is 5.36. The molecule has 5 nitrogen and oxygen atoms in total. The standard InChI is InChI=1S/C14H21N5/c1-11-9-12(10-18(11)2)15-7-6-14-17-16-13-5-3-4-8-19(13)14/h3-5,8,11-12,15H,6-7,9-10H2,1-2H3. The Morgan fingerprint density at radius 1 is 1.37 bits per heavy atom. The first-order chi connectivity index (χ1) is 9.24. The van der Waals surface area contributed by atoms with Gasteiger partial charge in [0.2, 0.25) is 0 Å². The number of aromatic nitrogens is 3. The SMILES string of the molecule is CC1CC(NCCc2nnc3ccccn23)CN1C. The van der Waals surface area contributed by atoms with Crippen LogP contribution < -0.4 is 5.32 Å². The summed E-state index contributed by atoms with van der Waals surface area (Å²) in [6.45, 7) is 4.39. The predicted octanol–water partition coefficient (Wildman–Crippen LogP) is 0.954. The largest absolute Gasteiger partial charge is 0.312 e. The van der Waals surface area contributed by atoms with E-state index in [1.54, 1.807) is 0 Å². The van der Waals surface area contributed by atoms with Crippen molar-refractivity contribution in [3.8, 4) is 0 Å². The second kappa shape index (κ2) is 5.27. The minimum Gasteiger partial charge on any atom is -0.312 e. The van der Waals surface area contributed by atoms with Crippen LogP contribution in [-0.4, -0.2) is 51.7 Å². The first-order valence-electron chi connectivity index (χ1n) is 6.96. The van der Waals surface area contributed by atoms with Crippen LogP contribution in [0.2, 0.25) is 0 Å². The van der Waals surface area contributed by atoms with Gasteiger partial charge in [-0.3, -0.25) is 4.40 Å². The van der Waals surface area contributed by atoms with E-state index < -0.39 is 0 Å². The number of rotatable bonds is 4. The molecule has 3 heterocycles. The molecule has 19 heavy (non-hydrogen) atoms. The number of nitrogens with zero attached hydrogens (tertiary/aromatic N) is 4. The van der Waals surface area contributed by atoms with Gasteiger partial charge in [-0.25, -0.2) is 0 Å². The van der Waals surface area contributed by atoms with Crippen LogP contribution in [0.1, 0.15) is 19.2 Å². The van der Waals surface area contributed by atoms with E-state index in [9.17, 15) is 0 Å². The third-order valence-electron chi connectivity index (χ3n) is 4.05. The molecule has 0 radical (unpaired) electrons. The predicted molar refractivity (Wildman–Crippen MR) is 75.2 cm³/mol. The van der Waals surface area contributed by atoms with Crippen LogP contribution in [0.25, 0.3) is 5.65 Å². The smallest absolute Gasteiger partial charge is 0.160 e. The Bertz CT molecular complexity index is 540. The molecular formula is C14H21N5. The van der Waals surface area contributed by atoms with Gasteiger partial charge in [0, 0.05) is 37.8 Å². The molecule has 0 saturated carbocycles.